The van der Waals surface area contributed by atoms with Gasteiger partial charge in [-0.15, -0.1) is 0 Å². The van der Waals surface area contributed by atoms with Crippen molar-refractivity contribution in [3.05, 3.63) is 24.3 Å². The first-order chi connectivity index (χ1) is 32.0. The zero-order valence-electron chi connectivity index (χ0n) is 44.7. The molecule has 2 N–H and O–H groups in total. The fourth-order valence-electron chi connectivity index (χ4n) is 8.64. The lowest BCUT2D eigenvalue weighted by Gasteiger charge is -2.29. The second kappa shape index (κ2) is 49.0. The topological polar surface area (TPSA) is 108 Å². The van der Waals surface area contributed by atoms with Crippen LogP contribution in [0.2, 0.25) is 0 Å². The summed E-state index contributed by atoms with van der Waals surface area (Å²) in [5.74, 6) is -0.203. The zero-order valence-corrected chi connectivity index (χ0v) is 45.6. The highest BCUT2D eigenvalue weighted by atomic mass is 31.2. The van der Waals surface area contributed by atoms with Gasteiger partial charge in [-0.2, -0.15) is 0 Å². The second-order valence-electron chi connectivity index (χ2n) is 21.0. The van der Waals surface area contributed by atoms with Gasteiger partial charge in [-0.3, -0.25) is 9.36 Å². The number of quaternary nitrogens is 1. The monoisotopic (exact) mass is 953 g/mol. The van der Waals surface area contributed by atoms with Gasteiger partial charge in [0.15, 0.2) is 0 Å². The third-order valence-electron chi connectivity index (χ3n) is 13.2. The van der Waals surface area contributed by atoms with E-state index in [2.05, 4.69) is 31.3 Å². The minimum atomic E-state index is -4.60. The van der Waals surface area contributed by atoms with Crippen molar-refractivity contribution in [1.29, 1.82) is 0 Å². The number of carbonyl (C=O) groups is 1. The number of rotatable bonds is 53. The lowest BCUT2D eigenvalue weighted by atomic mass is 10.0. The standard InChI is InChI=1S/C57H113N2O6P/c1-6-8-10-12-14-16-18-20-22-23-24-25-26-27-28-29-30-31-32-33-34-35-36-37-38-40-42-44-46-48-50-56(60)55(54-65-66(62,63)64-53-52-59(3,4)5)58-57(61)51-49-47-45-43-41-39-21-19-17-15-13-11-9-7-2/h40,42,48,50,55-56,60H,6-39,41,43-47,49,51-54H2,1-5H3,(H-,58,61,62,63)/b42-40+,50-48+. The van der Waals surface area contributed by atoms with E-state index in [1.807, 2.05) is 27.2 Å². The summed E-state index contributed by atoms with van der Waals surface area (Å²) in [5, 5.41) is 13.8. The molecule has 0 bridgehead atoms. The van der Waals surface area contributed by atoms with Gasteiger partial charge in [-0.25, -0.2) is 0 Å². The zero-order chi connectivity index (χ0) is 48.5. The first kappa shape index (κ1) is 65.0. The molecule has 0 radical (unpaired) electrons. The van der Waals surface area contributed by atoms with Gasteiger partial charge in [0.1, 0.15) is 13.2 Å². The number of likely N-dealkylation sites (N-methyl/N-ethyl adjacent to an activating group) is 1. The van der Waals surface area contributed by atoms with Crippen molar-refractivity contribution >= 4 is 13.7 Å². The van der Waals surface area contributed by atoms with E-state index >= 15 is 0 Å². The Morgan fingerprint density at radius 1 is 0.515 bits per heavy atom. The quantitative estimate of drug-likeness (QED) is 0.0272. The van der Waals surface area contributed by atoms with Crippen molar-refractivity contribution in [2.24, 2.45) is 0 Å². The van der Waals surface area contributed by atoms with E-state index in [1.54, 1.807) is 6.08 Å². The van der Waals surface area contributed by atoms with E-state index < -0.39 is 20.0 Å². The number of carbonyl (C=O) groups excluding carboxylic acids is 1. The predicted octanol–water partition coefficient (Wildman–Crippen LogP) is 16.6. The molecule has 3 atom stereocenters. The lowest BCUT2D eigenvalue weighted by molar-refractivity contribution is -0.870. The number of allylic oxidation sites excluding steroid dienone is 3. The van der Waals surface area contributed by atoms with Crippen LogP contribution >= 0.6 is 7.82 Å². The number of aliphatic hydroxyl groups excluding tert-OH is 1. The van der Waals surface area contributed by atoms with E-state index in [4.69, 9.17) is 9.05 Å². The molecule has 0 aromatic carbocycles. The number of phosphoric ester groups is 1. The third-order valence-corrected chi connectivity index (χ3v) is 14.1. The third kappa shape index (κ3) is 50.8. The molecule has 0 aliphatic rings. The van der Waals surface area contributed by atoms with E-state index in [-0.39, 0.29) is 19.1 Å². The van der Waals surface area contributed by atoms with Crippen LogP contribution in [0.15, 0.2) is 24.3 Å². The summed E-state index contributed by atoms with van der Waals surface area (Å²) in [4.78, 5) is 25.4. The van der Waals surface area contributed by atoms with Crippen molar-refractivity contribution in [3.8, 4) is 0 Å². The van der Waals surface area contributed by atoms with Crippen LogP contribution in [0.4, 0.5) is 0 Å². The van der Waals surface area contributed by atoms with Gasteiger partial charge in [-0.1, -0.05) is 269 Å². The number of hydrogen-bond donors (Lipinski definition) is 2. The Morgan fingerprint density at radius 2 is 0.848 bits per heavy atom. The molecular weight excluding hydrogens is 840 g/mol. The van der Waals surface area contributed by atoms with Crippen LogP contribution in [0.1, 0.15) is 284 Å². The number of amides is 1. The Kier molecular flexibility index (Phi) is 48.2. The Labute approximate surface area is 411 Å². The Balaban J connectivity index is 4.14. The number of aliphatic hydroxyl groups is 1. The molecular formula is C57H113N2O6P. The van der Waals surface area contributed by atoms with Gasteiger partial charge in [-0.05, 0) is 32.1 Å². The average Bonchev–Trinajstić information content (AvgIpc) is 3.28. The minimum Gasteiger partial charge on any atom is -0.756 e. The summed E-state index contributed by atoms with van der Waals surface area (Å²) in [6.07, 6.45) is 61.3. The molecule has 0 saturated heterocycles. The highest BCUT2D eigenvalue weighted by Crippen LogP contribution is 2.38. The van der Waals surface area contributed by atoms with Crippen molar-refractivity contribution in [2.45, 2.75) is 296 Å². The molecule has 3 unspecified atom stereocenters. The molecule has 66 heavy (non-hydrogen) atoms. The second-order valence-corrected chi connectivity index (χ2v) is 22.4. The van der Waals surface area contributed by atoms with Crippen molar-refractivity contribution in [2.75, 3.05) is 40.9 Å². The molecule has 0 spiro atoms. The number of unbranched alkanes of at least 4 members (excludes halogenated alkanes) is 38. The van der Waals surface area contributed by atoms with Crippen LogP contribution in [0.3, 0.4) is 0 Å². The molecule has 0 aromatic heterocycles. The summed E-state index contributed by atoms with van der Waals surface area (Å²) in [6, 6.07) is -0.899. The highest BCUT2D eigenvalue weighted by Gasteiger charge is 2.23. The normalized spacial score (nSPS) is 14.1. The lowest BCUT2D eigenvalue weighted by Crippen LogP contribution is -2.45. The molecule has 0 fully saturated rings. The molecule has 0 aliphatic carbocycles. The molecule has 0 aliphatic heterocycles. The SMILES string of the molecule is CCCCCCCCCCCCCCCCCCCCCCCCCC/C=C/CC/C=C/C(O)C(COP(=O)([O-])OCC[N+](C)(C)C)NC(=O)CCCCCCCCCCCCCCCC. The summed E-state index contributed by atoms with van der Waals surface area (Å²) >= 11 is 0. The number of phosphoric acid groups is 1. The molecule has 0 rings (SSSR count). The maximum Gasteiger partial charge on any atom is 0.268 e. The molecule has 9 heteroatoms. The summed E-state index contributed by atoms with van der Waals surface area (Å²) in [6.45, 7) is 4.66. The Morgan fingerprint density at radius 3 is 1.23 bits per heavy atom. The van der Waals surface area contributed by atoms with E-state index in [9.17, 15) is 19.4 Å². The summed E-state index contributed by atoms with van der Waals surface area (Å²) < 4.78 is 23.3. The van der Waals surface area contributed by atoms with E-state index in [0.717, 1.165) is 38.5 Å². The van der Waals surface area contributed by atoms with Crippen molar-refractivity contribution in [1.82, 2.24) is 5.32 Å². The van der Waals surface area contributed by atoms with Gasteiger partial charge in [0, 0.05) is 6.42 Å². The molecule has 392 valence electrons. The van der Waals surface area contributed by atoms with Crippen molar-refractivity contribution < 1.29 is 32.9 Å². The number of nitrogens with zero attached hydrogens (tertiary/aromatic N) is 1. The molecule has 8 nitrogen and oxygen atoms in total. The van der Waals surface area contributed by atoms with Crippen LogP contribution < -0.4 is 10.2 Å². The molecule has 1 amide bonds. The molecule has 0 heterocycles. The molecule has 0 saturated carbocycles. The number of nitrogens with one attached hydrogen (secondary N) is 1. The van der Waals surface area contributed by atoms with Gasteiger partial charge in [0.2, 0.25) is 5.91 Å². The van der Waals surface area contributed by atoms with Crippen LogP contribution in [0, 0.1) is 0 Å². The first-order valence-electron chi connectivity index (χ1n) is 28.7. The van der Waals surface area contributed by atoms with Crippen molar-refractivity contribution in [3.63, 3.8) is 0 Å². The number of hydrogen-bond acceptors (Lipinski definition) is 6. The fraction of sp³-hybridized carbons (Fsp3) is 0.912. The molecule has 0 aromatic rings. The average molecular weight is 954 g/mol. The summed E-state index contributed by atoms with van der Waals surface area (Å²) in [7, 11) is 1.26. The largest absolute Gasteiger partial charge is 0.756 e. The first-order valence-corrected chi connectivity index (χ1v) is 30.2. The smallest absolute Gasteiger partial charge is 0.268 e. The van der Waals surface area contributed by atoms with Crippen LogP contribution in [-0.2, 0) is 18.4 Å². The summed E-state index contributed by atoms with van der Waals surface area (Å²) in [5.41, 5.74) is 0. The van der Waals surface area contributed by atoms with Gasteiger partial charge in [0.05, 0.1) is 39.9 Å². The Hall–Kier alpha value is -1.02. The van der Waals surface area contributed by atoms with Gasteiger partial charge in [0.25, 0.3) is 7.82 Å². The van der Waals surface area contributed by atoms with E-state index in [1.165, 1.54) is 225 Å². The predicted molar refractivity (Wildman–Crippen MR) is 284 cm³/mol. The minimum absolute atomic E-state index is 0.00390. The maximum absolute atomic E-state index is 12.9. The van der Waals surface area contributed by atoms with Gasteiger partial charge < -0.3 is 28.8 Å². The highest BCUT2D eigenvalue weighted by molar-refractivity contribution is 7.45. The Bertz CT molecular complexity index is 1130. The van der Waals surface area contributed by atoms with Crippen LogP contribution in [0.5, 0.6) is 0 Å². The van der Waals surface area contributed by atoms with Crippen LogP contribution in [-0.4, -0.2) is 68.5 Å². The van der Waals surface area contributed by atoms with Crippen LogP contribution in [0.25, 0.3) is 0 Å². The fourth-order valence-corrected chi connectivity index (χ4v) is 9.37. The van der Waals surface area contributed by atoms with E-state index in [0.29, 0.717) is 17.4 Å². The maximum atomic E-state index is 12.9. The van der Waals surface area contributed by atoms with Gasteiger partial charge >= 0.3 is 0 Å².